The van der Waals surface area contributed by atoms with Crippen LogP contribution in [0.3, 0.4) is 0 Å². The SMILES string of the molecule is C1CCN(CC2CCNCC2)OC1. The fourth-order valence-corrected chi connectivity index (χ4v) is 2.14. The van der Waals surface area contributed by atoms with Crippen molar-refractivity contribution < 1.29 is 4.84 Å². The van der Waals surface area contributed by atoms with Gasteiger partial charge in [-0.2, -0.15) is 5.06 Å². The van der Waals surface area contributed by atoms with E-state index >= 15 is 0 Å². The number of hydroxylamine groups is 2. The van der Waals surface area contributed by atoms with Crippen LogP contribution in [0.2, 0.25) is 0 Å². The van der Waals surface area contributed by atoms with Crippen molar-refractivity contribution in [3.05, 3.63) is 0 Å². The minimum Gasteiger partial charge on any atom is -0.317 e. The van der Waals surface area contributed by atoms with Crippen LogP contribution in [0.15, 0.2) is 0 Å². The van der Waals surface area contributed by atoms with E-state index in [1.807, 2.05) is 0 Å². The first-order valence-corrected chi connectivity index (χ1v) is 5.54. The van der Waals surface area contributed by atoms with Crippen molar-refractivity contribution >= 4 is 0 Å². The van der Waals surface area contributed by atoms with Gasteiger partial charge in [0.05, 0.1) is 6.61 Å². The van der Waals surface area contributed by atoms with Gasteiger partial charge in [-0.25, -0.2) is 0 Å². The lowest BCUT2D eigenvalue weighted by molar-refractivity contribution is -0.188. The van der Waals surface area contributed by atoms with E-state index in [0.717, 1.165) is 25.6 Å². The molecule has 2 aliphatic heterocycles. The summed E-state index contributed by atoms with van der Waals surface area (Å²) in [5, 5.41) is 5.57. The number of hydrogen-bond donors (Lipinski definition) is 1. The maximum atomic E-state index is 5.59. The van der Waals surface area contributed by atoms with Gasteiger partial charge >= 0.3 is 0 Å². The van der Waals surface area contributed by atoms with Crippen molar-refractivity contribution in [2.45, 2.75) is 25.7 Å². The quantitative estimate of drug-likeness (QED) is 0.693. The third-order valence-corrected chi connectivity index (χ3v) is 3.00. The van der Waals surface area contributed by atoms with Gasteiger partial charge in [0.2, 0.25) is 0 Å². The molecule has 1 N–H and O–H groups in total. The minimum atomic E-state index is 0.861. The zero-order chi connectivity index (χ0) is 8.93. The van der Waals surface area contributed by atoms with Gasteiger partial charge in [0, 0.05) is 13.1 Å². The summed E-state index contributed by atoms with van der Waals surface area (Å²) in [5.41, 5.74) is 0. The first-order valence-electron chi connectivity index (χ1n) is 5.54. The molecule has 2 saturated heterocycles. The molecular formula is C10H20N2O. The molecule has 0 aliphatic carbocycles. The van der Waals surface area contributed by atoms with Gasteiger partial charge in [-0.05, 0) is 44.7 Å². The monoisotopic (exact) mass is 184 g/mol. The molecule has 0 aromatic heterocycles. The Balaban J connectivity index is 1.69. The van der Waals surface area contributed by atoms with Gasteiger partial charge in [0.1, 0.15) is 0 Å². The lowest BCUT2D eigenvalue weighted by atomic mass is 9.98. The Labute approximate surface area is 80.4 Å². The summed E-state index contributed by atoms with van der Waals surface area (Å²) < 4.78 is 0. The van der Waals surface area contributed by atoms with Gasteiger partial charge in [-0.1, -0.05) is 0 Å². The zero-order valence-electron chi connectivity index (χ0n) is 8.30. The second-order valence-corrected chi connectivity index (χ2v) is 4.12. The molecule has 0 aromatic rings. The Bertz CT molecular complexity index is 124. The second kappa shape index (κ2) is 4.94. The predicted molar refractivity (Wildman–Crippen MR) is 52.4 cm³/mol. The van der Waals surface area contributed by atoms with Gasteiger partial charge in [-0.3, -0.25) is 4.84 Å². The maximum absolute atomic E-state index is 5.59. The third kappa shape index (κ3) is 2.93. The smallest absolute Gasteiger partial charge is 0.0685 e. The van der Waals surface area contributed by atoms with Crippen molar-refractivity contribution in [3.8, 4) is 0 Å². The molecule has 3 heteroatoms. The van der Waals surface area contributed by atoms with Crippen molar-refractivity contribution in [1.29, 1.82) is 0 Å². The van der Waals surface area contributed by atoms with Crippen molar-refractivity contribution in [1.82, 2.24) is 10.4 Å². The molecule has 2 aliphatic rings. The van der Waals surface area contributed by atoms with E-state index in [0.29, 0.717) is 0 Å². The molecule has 0 spiro atoms. The Kier molecular flexibility index (Phi) is 3.58. The highest BCUT2D eigenvalue weighted by Crippen LogP contribution is 2.15. The van der Waals surface area contributed by atoms with E-state index in [4.69, 9.17) is 4.84 Å². The molecule has 2 fully saturated rings. The molecule has 3 nitrogen and oxygen atoms in total. The van der Waals surface area contributed by atoms with Crippen molar-refractivity contribution in [3.63, 3.8) is 0 Å². The zero-order valence-corrected chi connectivity index (χ0v) is 8.30. The van der Waals surface area contributed by atoms with Crippen molar-refractivity contribution in [2.24, 2.45) is 5.92 Å². The number of hydrogen-bond acceptors (Lipinski definition) is 3. The van der Waals surface area contributed by atoms with Crippen LogP contribution in [0.25, 0.3) is 0 Å². The van der Waals surface area contributed by atoms with Gasteiger partial charge in [0.25, 0.3) is 0 Å². The van der Waals surface area contributed by atoms with Crippen molar-refractivity contribution in [2.75, 3.05) is 32.8 Å². The summed E-state index contributed by atoms with van der Waals surface area (Å²) in [5.74, 6) is 0.861. The van der Waals surface area contributed by atoms with E-state index in [1.54, 1.807) is 0 Å². The fraction of sp³-hybridized carbons (Fsp3) is 1.00. The van der Waals surface area contributed by atoms with Gasteiger partial charge < -0.3 is 5.32 Å². The molecule has 0 atom stereocenters. The first kappa shape index (κ1) is 9.44. The Morgan fingerprint density at radius 2 is 2.08 bits per heavy atom. The van der Waals surface area contributed by atoms with Crippen LogP contribution >= 0.6 is 0 Å². The first-order chi connectivity index (χ1) is 6.45. The molecule has 76 valence electrons. The topological polar surface area (TPSA) is 24.5 Å². The van der Waals surface area contributed by atoms with Crippen LogP contribution in [0.5, 0.6) is 0 Å². The summed E-state index contributed by atoms with van der Waals surface area (Å²) in [6, 6.07) is 0. The minimum absolute atomic E-state index is 0.861. The summed E-state index contributed by atoms with van der Waals surface area (Å²) in [7, 11) is 0. The fourth-order valence-electron chi connectivity index (χ4n) is 2.14. The van der Waals surface area contributed by atoms with Gasteiger partial charge in [-0.15, -0.1) is 0 Å². The number of rotatable bonds is 2. The average Bonchev–Trinajstić information content (AvgIpc) is 2.21. The highest BCUT2D eigenvalue weighted by molar-refractivity contribution is 4.70. The Hall–Kier alpha value is -0.120. The molecule has 2 heterocycles. The van der Waals surface area contributed by atoms with E-state index < -0.39 is 0 Å². The number of nitrogens with one attached hydrogen (secondary N) is 1. The maximum Gasteiger partial charge on any atom is 0.0685 e. The number of piperidine rings is 1. The molecule has 13 heavy (non-hydrogen) atoms. The molecule has 2 rings (SSSR count). The molecule has 0 unspecified atom stereocenters. The molecular weight excluding hydrogens is 164 g/mol. The summed E-state index contributed by atoms with van der Waals surface area (Å²) in [4.78, 5) is 5.59. The van der Waals surface area contributed by atoms with Crippen LogP contribution < -0.4 is 5.32 Å². The predicted octanol–water partition coefficient (Wildman–Crippen LogP) is 1.01. The standard InChI is InChI=1S/C10H20N2O/c1-2-8-13-12(7-1)9-10-3-5-11-6-4-10/h10-11H,1-9H2. The highest BCUT2D eigenvalue weighted by atomic mass is 16.7. The van der Waals surface area contributed by atoms with Gasteiger partial charge in [0.15, 0.2) is 0 Å². The molecule has 0 saturated carbocycles. The van der Waals surface area contributed by atoms with Crippen LogP contribution in [0.4, 0.5) is 0 Å². The average molecular weight is 184 g/mol. The molecule has 0 bridgehead atoms. The molecule has 0 aromatic carbocycles. The van der Waals surface area contributed by atoms with Crippen LogP contribution in [0, 0.1) is 5.92 Å². The molecule has 0 amide bonds. The lowest BCUT2D eigenvalue weighted by Gasteiger charge is -2.31. The van der Waals surface area contributed by atoms with E-state index in [1.165, 1.54) is 38.8 Å². The highest BCUT2D eigenvalue weighted by Gasteiger charge is 2.18. The third-order valence-electron chi connectivity index (χ3n) is 3.00. The largest absolute Gasteiger partial charge is 0.317 e. The van der Waals surface area contributed by atoms with E-state index in [-0.39, 0.29) is 0 Å². The summed E-state index contributed by atoms with van der Waals surface area (Å²) >= 11 is 0. The summed E-state index contributed by atoms with van der Waals surface area (Å²) in [6.07, 6.45) is 5.19. The number of nitrogens with zero attached hydrogens (tertiary/aromatic N) is 1. The van der Waals surface area contributed by atoms with E-state index in [2.05, 4.69) is 10.4 Å². The normalized spacial score (nSPS) is 27.7. The second-order valence-electron chi connectivity index (χ2n) is 4.12. The van der Waals surface area contributed by atoms with Crippen LogP contribution in [-0.4, -0.2) is 37.8 Å². The summed E-state index contributed by atoms with van der Waals surface area (Å²) in [6.45, 7) is 5.62. The van der Waals surface area contributed by atoms with E-state index in [9.17, 15) is 0 Å². The Morgan fingerprint density at radius 3 is 2.77 bits per heavy atom. The van der Waals surface area contributed by atoms with Crippen LogP contribution in [0.1, 0.15) is 25.7 Å². The Morgan fingerprint density at radius 1 is 1.23 bits per heavy atom. The lowest BCUT2D eigenvalue weighted by Crippen LogP contribution is -2.38. The molecule has 0 radical (unpaired) electrons. The van der Waals surface area contributed by atoms with Crippen LogP contribution in [-0.2, 0) is 4.84 Å².